The quantitative estimate of drug-likeness (QED) is 0.588. The molecule has 0 aliphatic carbocycles. The van der Waals surface area contributed by atoms with Crippen LogP contribution < -0.4 is 5.32 Å². The number of carbonyl (C=O) groups is 2. The molecule has 2 fully saturated rings. The van der Waals surface area contributed by atoms with Crippen molar-refractivity contribution < 1.29 is 26.8 Å². The van der Waals surface area contributed by atoms with Crippen molar-refractivity contribution >= 4 is 28.3 Å². The zero-order chi connectivity index (χ0) is 16.8. The number of nitrogens with zero attached hydrogens (tertiary/aromatic N) is 4. The molecule has 0 spiro atoms. The second-order valence-electron chi connectivity index (χ2n) is 5.63. The van der Waals surface area contributed by atoms with Gasteiger partial charge in [-0.3, -0.25) is 19.7 Å². The molecule has 3 aliphatic rings. The van der Waals surface area contributed by atoms with Crippen molar-refractivity contribution in [1.82, 2.24) is 20.2 Å². The minimum Gasteiger partial charge on any atom is -0.344 e. The first-order valence-corrected chi connectivity index (χ1v) is 8.46. The number of fused-ring (bicyclic) bond motifs is 2. The van der Waals surface area contributed by atoms with Crippen LogP contribution in [0.1, 0.15) is 12.8 Å². The highest BCUT2D eigenvalue weighted by molar-refractivity contribution is 7.80. The maximum Gasteiger partial charge on any atom is 0.418 e. The number of rotatable bonds is 3. The number of hydroxylamine groups is 2. The Balaban J connectivity index is 1.70. The molecule has 3 aliphatic heterocycles. The summed E-state index contributed by atoms with van der Waals surface area (Å²) in [6.07, 6.45) is 0.753. The number of urea groups is 1. The highest BCUT2D eigenvalue weighted by Gasteiger charge is 2.49. The molecule has 11 nitrogen and oxygen atoms in total. The Morgan fingerprint density at radius 1 is 1.43 bits per heavy atom. The van der Waals surface area contributed by atoms with Gasteiger partial charge in [-0.2, -0.15) is 13.5 Å². The normalized spacial score (nSPS) is 27.5. The molecular weight excluding hydrogens is 330 g/mol. The average Bonchev–Trinajstić information content (AvgIpc) is 2.96. The highest BCUT2D eigenvalue weighted by Crippen LogP contribution is 2.30. The van der Waals surface area contributed by atoms with Crippen LogP contribution in [-0.4, -0.2) is 84.5 Å². The molecule has 2 bridgehead atoms. The lowest BCUT2D eigenvalue weighted by Gasteiger charge is -2.29. The van der Waals surface area contributed by atoms with Crippen molar-refractivity contribution in [2.75, 3.05) is 26.7 Å². The van der Waals surface area contributed by atoms with E-state index in [1.54, 1.807) is 11.9 Å². The summed E-state index contributed by atoms with van der Waals surface area (Å²) < 4.78 is 34.7. The molecule has 0 aromatic rings. The zero-order valence-corrected chi connectivity index (χ0v) is 13.2. The molecule has 3 heterocycles. The van der Waals surface area contributed by atoms with E-state index >= 15 is 0 Å². The lowest BCUT2D eigenvalue weighted by Crippen LogP contribution is -2.52. The van der Waals surface area contributed by atoms with E-state index in [-0.39, 0.29) is 12.5 Å². The number of amides is 3. The van der Waals surface area contributed by atoms with Crippen LogP contribution in [0.4, 0.5) is 4.79 Å². The van der Waals surface area contributed by atoms with E-state index in [9.17, 15) is 18.0 Å². The van der Waals surface area contributed by atoms with Crippen LogP contribution in [-0.2, 0) is 19.5 Å². The van der Waals surface area contributed by atoms with Crippen LogP contribution in [0.15, 0.2) is 4.99 Å². The average molecular weight is 347 g/mol. The molecule has 0 aromatic carbocycles. The molecule has 12 heteroatoms. The summed E-state index contributed by atoms with van der Waals surface area (Å²) in [5, 5.41) is 3.29. The molecule has 2 unspecified atom stereocenters. The highest BCUT2D eigenvalue weighted by atomic mass is 32.3. The molecule has 3 rings (SSSR count). The minimum absolute atomic E-state index is 0.161. The Kier molecular flexibility index (Phi) is 3.90. The summed E-state index contributed by atoms with van der Waals surface area (Å²) in [6, 6.07) is -2.00. The molecule has 2 saturated heterocycles. The largest absolute Gasteiger partial charge is 0.418 e. The summed E-state index contributed by atoms with van der Waals surface area (Å²) >= 11 is 0. The van der Waals surface area contributed by atoms with E-state index in [2.05, 4.69) is 14.6 Å². The molecule has 23 heavy (non-hydrogen) atoms. The smallest absolute Gasteiger partial charge is 0.344 e. The number of aliphatic imine (C=N–C) groups is 1. The van der Waals surface area contributed by atoms with E-state index in [1.807, 2.05) is 0 Å². The second-order valence-corrected chi connectivity index (χ2v) is 6.63. The molecule has 0 radical (unpaired) electrons. The number of likely N-dealkylation sites (N-methyl/N-ethyl adjacent to an activating group) is 1. The van der Waals surface area contributed by atoms with Crippen LogP contribution in [0.2, 0.25) is 0 Å². The fourth-order valence-electron chi connectivity index (χ4n) is 2.97. The van der Waals surface area contributed by atoms with Crippen LogP contribution in [0.25, 0.3) is 0 Å². The van der Waals surface area contributed by atoms with E-state index in [0.717, 1.165) is 0 Å². The van der Waals surface area contributed by atoms with Crippen LogP contribution in [0.3, 0.4) is 0 Å². The molecule has 0 aromatic heterocycles. The van der Waals surface area contributed by atoms with Gasteiger partial charge in [-0.15, -0.1) is 4.28 Å². The van der Waals surface area contributed by atoms with Crippen molar-refractivity contribution in [3.05, 3.63) is 0 Å². The zero-order valence-electron chi connectivity index (χ0n) is 12.4. The number of hydrogen-bond donors (Lipinski definition) is 2. The van der Waals surface area contributed by atoms with E-state index in [1.165, 1.54) is 4.90 Å². The van der Waals surface area contributed by atoms with Crippen molar-refractivity contribution in [1.29, 1.82) is 0 Å². The third-order valence-electron chi connectivity index (χ3n) is 4.09. The van der Waals surface area contributed by atoms with Gasteiger partial charge in [0.25, 0.3) is 0 Å². The molecular formula is C11H17N5O6S. The molecule has 0 saturated carbocycles. The summed E-state index contributed by atoms with van der Waals surface area (Å²) in [4.78, 5) is 31.8. The van der Waals surface area contributed by atoms with Gasteiger partial charge in [-0.05, 0) is 12.8 Å². The first-order chi connectivity index (χ1) is 10.8. The van der Waals surface area contributed by atoms with Gasteiger partial charge in [0.15, 0.2) is 0 Å². The number of guanidine groups is 1. The number of nitrogens with one attached hydrogen (secondary N) is 1. The van der Waals surface area contributed by atoms with E-state index < -0.39 is 28.5 Å². The first-order valence-electron chi connectivity index (χ1n) is 7.09. The fraction of sp³-hybridized carbons (Fsp3) is 0.727. The lowest BCUT2D eigenvalue weighted by molar-refractivity contribution is -0.124. The summed E-state index contributed by atoms with van der Waals surface area (Å²) in [7, 11) is -2.99. The number of hydrogen-bond acceptors (Lipinski definition) is 7. The molecule has 128 valence electrons. The summed E-state index contributed by atoms with van der Waals surface area (Å²) in [5.74, 6) is 0.0767. The van der Waals surface area contributed by atoms with Crippen molar-refractivity contribution in [2.24, 2.45) is 4.99 Å². The maximum atomic E-state index is 12.4. The Morgan fingerprint density at radius 3 is 2.78 bits per heavy atom. The van der Waals surface area contributed by atoms with Gasteiger partial charge in [-0.25, -0.2) is 4.79 Å². The maximum absolute atomic E-state index is 12.4. The Hall–Kier alpha value is -1.92. The molecule has 3 amide bonds. The topological polar surface area (TPSA) is 132 Å². The lowest BCUT2D eigenvalue weighted by atomic mass is 10.0. The van der Waals surface area contributed by atoms with Gasteiger partial charge in [0.1, 0.15) is 6.04 Å². The summed E-state index contributed by atoms with van der Waals surface area (Å²) in [6.45, 7) is 1.47. The third-order valence-corrected chi connectivity index (χ3v) is 4.44. The van der Waals surface area contributed by atoms with Gasteiger partial charge in [0.05, 0.1) is 12.6 Å². The van der Waals surface area contributed by atoms with Crippen LogP contribution in [0, 0.1) is 0 Å². The predicted molar refractivity (Wildman–Crippen MR) is 76.5 cm³/mol. The third kappa shape index (κ3) is 3.09. The predicted octanol–water partition coefficient (Wildman–Crippen LogP) is -1.59. The van der Waals surface area contributed by atoms with Crippen LogP contribution >= 0.6 is 0 Å². The Bertz CT molecular complexity index is 664. The van der Waals surface area contributed by atoms with Crippen molar-refractivity contribution in [2.45, 2.75) is 24.9 Å². The number of carbonyl (C=O) groups excluding carboxylic acids is 2. The van der Waals surface area contributed by atoms with Gasteiger partial charge in [0, 0.05) is 20.1 Å². The standard InChI is InChI=1S/C11H17N5O6S/c1-14-5-4-12-10(14)13-9(17)8-3-2-7-6-15(8)11(18)16(7)22-23(19,20)21/h7-8H,2-6H2,1H3,(H,12,13,17)(H,19,20,21). The molecule has 2 atom stereocenters. The fourth-order valence-corrected chi connectivity index (χ4v) is 3.35. The Morgan fingerprint density at radius 2 is 2.17 bits per heavy atom. The van der Waals surface area contributed by atoms with Crippen molar-refractivity contribution in [3.8, 4) is 0 Å². The SMILES string of the molecule is CN1CCN=C1NC(=O)C1CCC2CN1C(=O)N2OS(=O)(=O)O. The minimum atomic E-state index is -4.79. The van der Waals surface area contributed by atoms with E-state index in [4.69, 9.17) is 4.55 Å². The number of piperidine rings is 1. The Labute approximate surface area is 132 Å². The van der Waals surface area contributed by atoms with Gasteiger partial charge < -0.3 is 9.80 Å². The van der Waals surface area contributed by atoms with Gasteiger partial charge in [0.2, 0.25) is 11.9 Å². The van der Waals surface area contributed by atoms with Crippen LogP contribution in [0.5, 0.6) is 0 Å². The first kappa shape index (κ1) is 16.0. The van der Waals surface area contributed by atoms with Gasteiger partial charge in [-0.1, -0.05) is 0 Å². The van der Waals surface area contributed by atoms with Crippen molar-refractivity contribution in [3.63, 3.8) is 0 Å². The second kappa shape index (κ2) is 5.62. The monoisotopic (exact) mass is 347 g/mol. The summed E-state index contributed by atoms with van der Waals surface area (Å²) in [5.41, 5.74) is 0. The van der Waals surface area contributed by atoms with E-state index in [0.29, 0.717) is 37.0 Å². The molecule has 2 N–H and O–H groups in total. The van der Waals surface area contributed by atoms with Gasteiger partial charge >= 0.3 is 16.4 Å².